The molecule has 1 saturated carbocycles. The van der Waals surface area contributed by atoms with Gasteiger partial charge in [0.2, 0.25) is 11.8 Å². The lowest BCUT2D eigenvalue weighted by Gasteiger charge is -2.45. The Labute approximate surface area is 171 Å². The highest BCUT2D eigenvalue weighted by atomic mass is 16.2. The molecular formula is C22H31N5O2. The van der Waals surface area contributed by atoms with Crippen LogP contribution >= 0.6 is 0 Å². The molecule has 1 saturated heterocycles. The summed E-state index contributed by atoms with van der Waals surface area (Å²) in [7, 11) is 0. The second kappa shape index (κ2) is 8.14. The van der Waals surface area contributed by atoms with E-state index in [1.54, 1.807) is 12.4 Å². The van der Waals surface area contributed by atoms with Crippen LogP contribution in [0.4, 0.5) is 0 Å². The molecule has 2 aromatic heterocycles. The average molecular weight is 398 g/mol. The van der Waals surface area contributed by atoms with Crippen molar-refractivity contribution in [3.05, 3.63) is 30.2 Å². The van der Waals surface area contributed by atoms with Gasteiger partial charge in [-0.05, 0) is 29.9 Å². The molecule has 156 valence electrons. The van der Waals surface area contributed by atoms with Gasteiger partial charge in [-0.1, -0.05) is 13.8 Å². The number of H-pyrrole nitrogens is 1. The number of aromatic amines is 1. The molecule has 1 aliphatic heterocycles. The third-order valence-corrected chi connectivity index (χ3v) is 6.30. The summed E-state index contributed by atoms with van der Waals surface area (Å²) in [6, 6.07) is 1.93. The van der Waals surface area contributed by atoms with Gasteiger partial charge in [-0.15, -0.1) is 0 Å². The first-order chi connectivity index (χ1) is 13.9. The number of amides is 2. The van der Waals surface area contributed by atoms with Gasteiger partial charge in [0.1, 0.15) is 0 Å². The summed E-state index contributed by atoms with van der Waals surface area (Å²) in [6.45, 7) is 9.29. The summed E-state index contributed by atoms with van der Waals surface area (Å²) in [4.78, 5) is 36.5. The Hall–Kier alpha value is -2.41. The summed E-state index contributed by atoms with van der Waals surface area (Å²) < 4.78 is 0. The fourth-order valence-electron chi connectivity index (χ4n) is 4.67. The van der Waals surface area contributed by atoms with Gasteiger partial charge in [0.15, 0.2) is 0 Å². The van der Waals surface area contributed by atoms with E-state index < -0.39 is 0 Å². The molecule has 2 amide bonds. The lowest BCUT2D eigenvalue weighted by Crippen LogP contribution is -2.53. The lowest BCUT2D eigenvalue weighted by atomic mass is 9.64. The van der Waals surface area contributed by atoms with E-state index in [2.05, 4.69) is 34.0 Å². The molecule has 2 aliphatic rings. The number of fused-ring (bicyclic) bond motifs is 1. The zero-order valence-corrected chi connectivity index (χ0v) is 17.4. The summed E-state index contributed by atoms with van der Waals surface area (Å²) in [5.74, 6) is 0.603. The number of piperazine rings is 1. The Morgan fingerprint density at radius 3 is 2.72 bits per heavy atom. The van der Waals surface area contributed by atoms with E-state index in [1.165, 1.54) is 0 Å². The highest BCUT2D eigenvalue weighted by Crippen LogP contribution is 2.45. The molecule has 0 unspecified atom stereocenters. The van der Waals surface area contributed by atoms with Crippen molar-refractivity contribution in [2.24, 2.45) is 11.3 Å². The van der Waals surface area contributed by atoms with Gasteiger partial charge in [0.05, 0.1) is 18.1 Å². The number of pyridine rings is 1. The van der Waals surface area contributed by atoms with Crippen LogP contribution in [0.15, 0.2) is 24.7 Å². The van der Waals surface area contributed by atoms with E-state index in [4.69, 9.17) is 0 Å². The average Bonchev–Trinajstić information content (AvgIpc) is 3.09. The number of hydrogen-bond acceptors (Lipinski definition) is 4. The van der Waals surface area contributed by atoms with Crippen LogP contribution in [0.1, 0.15) is 32.3 Å². The molecule has 7 nitrogen and oxygen atoms in total. The number of carbonyl (C=O) groups is 2. The van der Waals surface area contributed by atoms with Crippen molar-refractivity contribution in [1.82, 2.24) is 25.1 Å². The maximum Gasteiger partial charge on any atom is 0.225 e. The molecule has 0 aromatic carbocycles. The normalized spacial score (nSPS) is 19.9. The topological polar surface area (TPSA) is 81.3 Å². The lowest BCUT2D eigenvalue weighted by molar-refractivity contribution is -0.144. The number of nitrogens with zero attached hydrogens (tertiary/aromatic N) is 3. The Morgan fingerprint density at radius 1 is 1.24 bits per heavy atom. The number of rotatable bonds is 6. The molecule has 0 bridgehead atoms. The van der Waals surface area contributed by atoms with Crippen LogP contribution < -0.4 is 5.32 Å². The predicted octanol–water partition coefficient (Wildman–Crippen LogP) is 1.80. The minimum Gasteiger partial charge on any atom is -0.360 e. The highest BCUT2D eigenvalue weighted by molar-refractivity contribution is 5.88. The second-order valence-electron chi connectivity index (χ2n) is 9.20. The third-order valence-electron chi connectivity index (χ3n) is 6.30. The van der Waals surface area contributed by atoms with Gasteiger partial charge < -0.3 is 15.2 Å². The van der Waals surface area contributed by atoms with Crippen LogP contribution in [-0.4, -0.2) is 70.9 Å². The van der Waals surface area contributed by atoms with Gasteiger partial charge in [-0.2, -0.15) is 0 Å². The Morgan fingerprint density at radius 2 is 2.00 bits per heavy atom. The maximum absolute atomic E-state index is 12.6. The standard InChI is InChI=1S/C22H31N5O2/c1-22(2)12-17(13-22)21(29)27-9-7-26(8-10-27)6-5-24-20(28)11-16-14-25-19-15-23-4-3-18(16)19/h3-4,14-15,17,25H,5-13H2,1-2H3,(H,24,28). The van der Waals surface area contributed by atoms with Gasteiger partial charge in [0, 0.05) is 63.0 Å². The van der Waals surface area contributed by atoms with Crippen molar-refractivity contribution >= 4 is 22.7 Å². The fourth-order valence-corrected chi connectivity index (χ4v) is 4.67. The number of carbonyl (C=O) groups excluding carboxylic acids is 2. The van der Waals surface area contributed by atoms with Gasteiger partial charge >= 0.3 is 0 Å². The Balaban J connectivity index is 1.15. The van der Waals surface area contributed by atoms with Crippen LogP contribution in [0.25, 0.3) is 10.9 Å². The highest BCUT2D eigenvalue weighted by Gasteiger charge is 2.42. The molecule has 2 N–H and O–H groups in total. The van der Waals surface area contributed by atoms with Crippen LogP contribution in [-0.2, 0) is 16.0 Å². The number of aromatic nitrogens is 2. The van der Waals surface area contributed by atoms with E-state index in [0.717, 1.165) is 62.0 Å². The zero-order chi connectivity index (χ0) is 20.4. The van der Waals surface area contributed by atoms with Crippen LogP contribution in [0.2, 0.25) is 0 Å². The first-order valence-corrected chi connectivity index (χ1v) is 10.6. The van der Waals surface area contributed by atoms with Crippen molar-refractivity contribution in [3.63, 3.8) is 0 Å². The monoisotopic (exact) mass is 397 g/mol. The second-order valence-corrected chi connectivity index (χ2v) is 9.20. The third kappa shape index (κ3) is 4.61. The van der Waals surface area contributed by atoms with E-state index in [0.29, 0.717) is 24.3 Å². The quantitative estimate of drug-likeness (QED) is 0.779. The first-order valence-electron chi connectivity index (χ1n) is 10.6. The molecule has 3 heterocycles. The molecule has 0 spiro atoms. The predicted molar refractivity (Wildman–Crippen MR) is 112 cm³/mol. The van der Waals surface area contributed by atoms with Crippen molar-refractivity contribution < 1.29 is 9.59 Å². The minimum atomic E-state index is 0.0316. The number of nitrogens with one attached hydrogen (secondary N) is 2. The molecule has 2 fully saturated rings. The van der Waals surface area contributed by atoms with E-state index in [9.17, 15) is 9.59 Å². The van der Waals surface area contributed by atoms with Gasteiger partial charge in [-0.25, -0.2) is 0 Å². The molecule has 2 aromatic rings. The van der Waals surface area contributed by atoms with Crippen molar-refractivity contribution in [2.75, 3.05) is 39.3 Å². The van der Waals surface area contributed by atoms with Crippen LogP contribution in [0.3, 0.4) is 0 Å². The zero-order valence-electron chi connectivity index (χ0n) is 17.4. The van der Waals surface area contributed by atoms with E-state index in [1.807, 2.05) is 17.2 Å². The molecule has 0 atom stereocenters. The molecule has 1 aliphatic carbocycles. The van der Waals surface area contributed by atoms with E-state index in [-0.39, 0.29) is 11.8 Å². The summed E-state index contributed by atoms with van der Waals surface area (Å²) in [6.07, 6.45) is 7.80. The summed E-state index contributed by atoms with van der Waals surface area (Å²) in [5, 5.41) is 4.07. The van der Waals surface area contributed by atoms with Crippen LogP contribution in [0, 0.1) is 11.3 Å². The van der Waals surface area contributed by atoms with Crippen molar-refractivity contribution in [1.29, 1.82) is 0 Å². The van der Waals surface area contributed by atoms with Gasteiger partial charge in [0.25, 0.3) is 0 Å². The smallest absolute Gasteiger partial charge is 0.225 e. The number of hydrogen-bond donors (Lipinski definition) is 2. The molecule has 0 radical (unpaired) electrons. The first kappa shape index (κ1) is 19.9. The minimum absolute atomic E-state index is 0.0316. The largest absolute Gasteiger partial charge is 0.360 e. The Bertz CT molecular complexity index is 874. The molecule has 7 heteroatoms. The maximum atomic E-state index is 12.6. The summed E-state index contributed by atoms with van der Waals surface area (Å²) >= 11 is 0. The van der Waals surface area contributed by atoms with E-state index >= 15 is 0 Å². The fraction of sp³-hybridized carbons (Fsp3) is 0.591. The summed E-state index contributed by atoms with van der Waals surface area (Å²) in [5.41, 5.74) is 2.28. The Kier molecular flexibility index (Phi) is 5.58. The molecule has 29 heavy (non-hydrogen) atoms. The molecular weight excluding hydrogens is 366 g/mol. The van der Waals surface area contributed by atoms with Crippen molar-refractivity contribution in [2.45, 2.75) is 33.1 Å². The SMILES string of the molecule is CC1(C)CC(C(=O)N2CCN(CCNC(=O)Cc3c[nH]c4cnccc34)CC2)C1. The van der Waals surface area contributed by atoms with Gasteiger partial charge in [-0.3, -0.25) is 19.5 Å². The molecule has 4 rings (SSSR count). The van der Waals surface area contributed by atoms with Crippen molar-refractivity contribution in [3.8, 4) is 0 Å². The van der Waals surface area contributed by atoms with Crippen LogP contribution in [0.5, 0.6) is 0 Å².